The lowest BCUT2D eigenvalue weighted by Gasteiger charge is -2.31. The normalized spacial score (nSPS) is 25.2. The van der Waals surface area contributed by atoms with E-state index in [4.69, 9.17) is 5.90 Å². The minimum atomic E-state index is -0.737. The standard InChI is InChI=1S/C10H21NO2/c1-10(12,8-13-11)9-6-4-2-3-5-7-9/h9,12H,2-8,11H2,1H3. The van der Waals surface area contributed by atoms with Crippen LogP contribution in [0.2, 0.25) is 0 Å². The van der Waals surface area contributed by atoms with Gasteiger partial charge in [-0.3, -0.25) is 0 Å². The molecule has 0 aromatic rings. The molecular weight excluding hydrogens is 166 g/mol. The summed E-state index contributed by atoms with van der Waals surface area (Å²) < 4.78 is 0. The van der Waals surface area contributed by atoms with Gasteiger partial charge in [-0.2, -0.15) is 0 Å². The second kappa shape index (κ2) is 4.94. The van der Waals surface area contributed by atoms with Crippen LogP contribution in [0.4, 0.5) is 0 Å². The lowest BCUT2D eigenvalue weighted by molar-refractivity contribution is -0.0769. The Hall–Kier alpha value is -0.120. The number of hydrogen-bond acceptors (Lipinski definition) is 3. The molecule has 3 heteroatoms. The molecule has 0 aromatic carbocycles. The molecule has 1 fully saturated rings. The summed E-state index contributed by atoms with van der Waals surface area (Å²) >= 11 is 0. The van der Waals surface area contributed by atoms with Gasteiger partial charge in [-0.1, -0.05) is 25.7 Å². The van der Waals surface area contributed by atoms with Gasteiger partial charge in [-0.15, -0.1) is 0 Å². The van der Waals surface area contributed by atoms with Crippen LogP contribution < -0.4 is 5.90 Å². The van der Waals surface area contributed by atoms with Crippen LogP contribution in [-0.4, -0.2) is 17.3 Å². The average Bonchev–Trinajstić information content (AvgIpc) is 2.31. The van der Waals surface area contributed by atoms with E-state index >= 15 is 0 Å². The van der Waals surface area contributed by atoms with E-state index in [1.54, 1.807) is 0 Å². The molecule has 0 amide bonds. The van der Waals surface area contributed by atoms with Gasteiger partial charge in [0.2, 0.25) is 0 Å². The van der Waals surface area contributed by atoms with Gasteiger partial charge in [0.15, 0.2) is 0 Å². The van der Waals surface area contributed by atoms with Crippen LogP contribution in [0.1, 0.15) is 45.4 Å². The zero-order valence-electron chi connectivity index (χ0n) is 8.46. The van der Waals surface area contributed by atoms with Gasteiger partial charge in [0, 0.05) is 0 Å². The van der Waals surface area contributed by atoms with Gasteiger partial charge in [0.25, 0.3) is 0 Å². The van der Waals surface area contributed by atoms with Crippen LogP contribution in [0.3, 0.4) is 0 Å². The molecular formula is C10H21NO2. The fourth-order valence-electron chi connectivity index (χ4n) is 2.19. The summed E-state index contributed by atoms with van der Waals surface area (Å²) in [6.07, 6.45) is 7.27. The summed E-state index contributed by atoms with van der Waals surface area (Å²) in [6.45, 7) is 2.08. The molecule has 1 aliphatic carbocycles. The Morgan fingerprint density at radius 2 is 1.85 bits per heavy atom. The van der Waals surface area contributed by atoms with Crippen LogP contribution in [0.15, 0.2) is 0 Å². The molecule has 1 atom stereocenters. The molecule has 1 unspecified atom stereocenters. The third-order valence-electron chi connectivity index (χ3n) is 3.11. The number of rotatable bonds is 3. The quantitative estimate of drug-likeness (QED) is 0.521. The maximum atomic E-state index is 10.1. The van der Waals surface area contributed by atoms with E-state index in [2.05, 4.69) is 4.84 Å². The predicted octanol–water partition coefficient (Wildman–Crippen LogP) is 1.60. The van der Waals surface area contributed by atoms with Gasteiger partial charge in [0.1, 0.15) is 0 Å². The van der Waals surface area contributed by atoms with Gasteiger partial charge in [-0.25, -0.2) is 5.90 Å². The summed E-state index contributed by atoms with van der Waals surface area (Å²) in [5.74, 6) is 5.36. The highest BCUT2D eigenvalue weighted by molar-refractivity contribution is 4.83. The van der Waals surface area contributed by atoms with Crippen molar-refractivity contribution in [1.29, 1.82) is 0 Å². The molecule has 0 heterocycles. The minimum Gasteiger partial charge on any atom is -0.387 e. The summed E-state index contributed by atoms with van der Waals surface area (Å²) in [6, 6.07) is 0. The van der Waals surface area contributed by atoms with Crippen molar-refractivity contribution in [2.75, 3.05) is 6.61 Å². The largest absolute Gasteiger partial charge is 0.387 e. The highest BCUT2D eigenvalue weighted by atomic mass is 16.6. The third-order valence-corrected chi connectivity index (χ3v) is 3.11. The average molecular weight is 187 g/mol. The Bertz CT molecular complexity index is 140. The number of hydrogen-bond donors (Lipinski definition) is 2. The number of nitrogens with two attached hydrogens (primary N) is 1. The topological polar surface area (TPSA) is 55.5 Å². The molecule has 1 rings (SSSR count). The van der Waals surface area contributed by atoms with Crippen molar-refractivity contribution in [2.45, 2.75) is 51.0 Å². The van der Waals surface area contributed by atoms with Crippen LogP contribution in [0, 0.1) is 5.92 Å². The SMILES string of the molecule is CC(O)(CON)C1CCCCCC1. The lowest BCUT2D eigenvalue weighted by atomic mass is 9.84. The van der Waals surface area contributed by atoms with Crippen molar-refractivity contribution in [2.24, 2.45) is 11.8 Å². The second-order valence-corrected chi connectivity index (χ2v) is 4.36. The van der Waals surface area contributed by atoms with Crippen LogP contribution in [-0.2, 0) is 4.84 Å². The summed E-state index contributed by atoms with van der Waals surface area (Å²) in [4.78, 5) is 4.55. The molecule has 0 spiro atoms. The first-order valence-electron chi connectivity index (χ1n) is 5.21. The zero-order valence-corrected chi connectivity index (χ0v) is 8.46. The first kappa shape index (κ1) is 11.0. The molecule has 0 saturated heterocycles. The van der Waals surface area contributed by atoms with E-state index in [0.29, 0.717) is 5.92 Å². The summed E-state index contributed by atoms with van der Waals surface area (Å²) in [5, 5.41) is 10.1. The van der Waals surface area contributed by atoms with Gasteiger partial charge < -0.3 is 9.94 Å². The Balaban J connectivity index is 2.46. The summed E-state index contributed by atoms with van der Waals surface area (Å²) in [5.41, 5.74) is -0.737. The molecule has 78 valence electrons. The van der Waals surface area contributed by atoms with Gasteiger partial charge in [-0.05, 0) is 25.7 Å². The fourth-order valence-corrected chi connectivity index (χ4v) is 2.19. The lowest BCUT2D eigenvalue weighted by Crippen LogP contribution is -2.40. The molecule has 3 nitrogen and oxygen atoms in total. The van der Waals surface area contributed by atoms with E-state index in [0.717, 1.165) is 12.8 Å². The molecule has 1 aliphatic rings. The Morgan fingerprint density at radius 1 is 1.31 bits per heavy atom. The first-order chi connectivity index (χ1) is 6.17. The molecule has 0 aliphatic heterocycles. The van der Waals surface area contributed by atoms with Gasteiger partial charge >= 0.3 is 0 Å². The molecule has 0 aromatic heterocycles. The molecule has 1 saturated carbocycles. The fraction of sp³-hybridized carbons (Fsp3) is 1.00. The van der Waals surface area contributed by atoms with E-state index in [1.807, 2.05) is 6.92 Å². The highest BCUT2D eigenvalue weighted by Crippen LogP contribution is 2.31. The van der Waals surface area contributed by atoms with Crippen molar-refractivity contribution >= 4 is 0 Å². The minimum absolute atomic E-state index is 0.248. The monoisotopic (exact) mass is 187 g/mol. The van der Waals surface area contributed by atoms with E-state index in [9.17, 15) is 5.11 Å². The van der Waals surface area contributed by atoms with E-state index in [-0.39, 0.29) is 6.61 Å². The van der Waals surface area contributed by atoms with Crippen molar-refractivity contribution in [3.05, 3.63) is 0 Å². The summed E-state index contributed by atoms with van der Waals surface area (Å²) in [7, 11) is 0. The highest BCUT2D eigenvalue weighted by Gasteiger charge is 2.32. The van der Waals surface area contributed by atoms with Crippen molar-refractivity contribution < 1.29 is 9.94 Å². The van der Waals surface area contributed by atoms with Crippen molar-refractivity contribution in [1.82, 2.24) is 0 Å². The third kappa shape index (κ3) is 3.25. The van der Waals surface area contributed by atoms with Crippen LogP contribution in [0.25, 0.3) is 0 Å². The maximum absolute atomic E-state index is 10.1. The van der Waals surface area contributed by atoms with Crippen LogP contribution in [0.5, 0.6) is 0 Å². The van der Waals surface area contributed by atoms with Gasteiger partial charge in [0.05, 0.1) is 12.2 Å². The van der Waals surface area contributed by atoms with E-state index in [1.165, 1.54) is 25.7 Å². The first-order valence-corrected chi connectivity index (χ1v) is 5.21. The molecule has 13 heavy (non-hydrogen) atoms. The van der Waals surface area contributed by atoms with E-state index < -0.39 is 5.60 Å². The molecule has 0 bridgehead atoms. The second-order valence-electron chi connectivity index (χ2n) is 4.36. The smallest absolute Gasteiger partial charge is 0.0966 e. The molecule has 3 N–H and O–H groups in total. The Morgan fingerprint density at radius 3 is 2.31 bits per heavy atom. The Kier molecular flexibility index (Phi) is 4.16. The molecule has 0 radical (unpaired) electrons. The van der Waals surface area contributed by atoms with Crippen LogP contribution >= 0.6 is 0 Å². The van der Waals surface area contributed by atoms with Crippen molar-refractivity contribution in [3.63, 3.8) is 0 Å². The Labute approximate surface area is 80.2 Å². The van der Waals surface area contributed by atoms with Crippen molar-refractivity contribution in [3.8, 4) is 0 Å². The zero-order chi connectivity index (χ0) is 9.73. The predicted molar refractivity (Wildman–Crippen MR) is 52.0 cm³/mol. The number of aliphatic hydroxyl groups is 1. The maximum Gasteiger partial charge on any atom is 0.0966 e.